The van der Waals surface area contributed by atoms with Crippen molar-refractivity contribution in [2.24, 2.45) is 0 Å². The Hall–Kier alpha value is -5.12. The van der Waals surface area contributed by atoms with Crippen LogP contribution in [-0.4, -0.2) is 31.1 Å². The number of benzene rings is 2. The van der Waals surface area contributed by atoms with Gasteiger partial charge in [0.05, 0.1) is 5.56 Å². The fourth-order valence-corrected chi connectivity index (χ4v) is 2.64. The van der Waals surface area contributed by atoms with E-state index in [4.69, 9.17) is 31.8 Å². The fourth-order valence-electron chi connectivity index (χ4n) is 2.64. The first-order valence-corrected chi connectivity index (χ1v) is 9.89. The second-order valence-corrected chi connectivity index (χ2v) is 6.81. The number of nitrogens with two attached hydrogens (primary N) is 3. The van der Waals surface area contributed by atoms with Gasteiger partial charge < -0.3 is 31.8 Å². The number of anilines is 3. The number of carboxylic acid groups (broad SMARTS) is 1. The molecule has 0 saturated heterocycles. The number of carboxylic acids is 1. The van der Waals surface area contributed by atoms with Crippen molar-refractivity contribution in [3.63, 3.8) is 0 Å². The van der Waals surface area contributed by atoms with Crippen molar-refractivity contribution in [3.8, 4) is 17.2 Å². The third-order valence-corrected chi connectivity index (χ3v) is 4.25. The highest BCUT2D eigenvalue weighted by Crippen LogP contribution is 2.24. The molecule has 0 fully saturated rings. The highest BCUT2D eigenvalue weighted by atomic mass is 16.4. The maximum atomic E-state index is 10.3. The van der Waals surface area contributed by atoms with Gasteiger partial charge in [0.25, 0.3) is 0 Å². The molecule has 0 aliphatic rings. The van der Waals surface area contributed by atoms with Crippen molar-refractivity contribution in [2.75, 3.05) is 17.2 Å². The number of rotatable bonds is 2. The van der Waals surface area contributed by atoms with E-state index in [-0.39, 0.29) is 17.1 Å². The monoisotopic (exact) mass is 458 g/mol. The van der Waals surface area contributed by atoms with E-state index in [0.717, 1.165) is 5.56 Å². The molecule has 3 aromatic heterocycles. The summed E-state index contributed by atoms with van der Waals surface area (Å²) in [5.41, 5.74) is 19.7. The maximum Gasteiger partial charge on any atom is 0.335 e. The Morgan fingerprint density at radius 1 is 0.824 bits per heavy atom. The van der Waals surface area contributed by atoms with Gasteiger partial charge in [0, 0.05) is 29.3 Å². The third-order valence-electron chi connectivity index (χ3n) is 4.25. The first-order chi connectivity index (χ1) is 16.3. The van der Waals surface area contributed by atoms with Crippen LogP contribution in [0.15, 0.2) is 89.6 Å². The van der Waals surface area contributed by atoms with Crippen LogP contribution in [0.3, 0.4) is 0 Å². The molecule has 5 rings (SSSR count). The number of nitrogens with zero attached hydrogens (tertiary/aromatic N) is 3. The van der Waals surface area contributed by atoms with E-state index in [1.54, 1.807) is 24.4 Å². The van der Waals surface area contributed by atoms with Gasteiger partial charge >= 0.3 is 5.97 Å². The smallest absolute Gasteiger partial charge is 0.335 e. The standard InChI is InChI=1S/C12H9N3O.C7H7NO2.C5H6N2O/c13-9-4-1-3-8(7-9)12-15-11-10(16-12)5-2-6-14-11;8-6-3-1-2-5(4-6)7(9)10;6-5-4(8)2-1-3-7-5/h1-7H,13H2;1-4H,8H2,(H,9,10);1-3,8H,(H2,6,7). The summed E-state index contributed by atoms with van der Waals surface area (Å²) in [4.78, 5) is 22.3. The summed E-state index contributed by atoms with van der Waals surface area (Å²) in [5.74, 6) is -0.201. The van der Waals surface area contributed by atoms with Crippen LogP contribution in [0.1, 0.15) is 10.4 Å². The normalized spacial score (nSPS) is 9.88. The molecule has 10 nitrogen and oxygen atoms in total. The highest BCUT2D eigenvalue weighted by molar-refractivity contribution is 5.88. The van der Waals surface area contributed by atoms with Crippen molar-refractivity contribution in [1.82, 2.24) is 15.0 Å². The second kappa shape index (κ2) is 11.0. The minimum Gasteiger partial charge on any atom is -0.504 e. The summed E-state index contributed by atoms with van der Waals surface area (Å²) in [7, 11) is 0. The van der Waals surface area contributed by atoms with Gasteiger partial charge in [-0.1, -0.05) is 12.1 Å². The quantitative estimate of drug-likeness (QED) is 0.243. The molecule has 0 aliphatic carbocycles. The van der Waals surface area contributed by atoms with Crippen molar-refractivity contribution >= 4 is 34.4 Å². The molecular formula is C24H22N6O4. The van der Waals surface area contributed by atoms with Gasteiger partial charge in [-0.3, -0.25) is 0 Å². The molecule has 0 spiro atoms. The molecule has 34 heavy (non-hydrogen) atoms. The van der Waals surface area contributed by atoms with E-state index in [2.05, 4.69) is 15.0 Å². The summed E-state index contributed by atoms with van der Waals surface area (Å²) in [5, 5.41) is 17.2. The zero-order valence-corrected chi connectivity index (χ0v) is 17.9. The van der Waals surface area contributed by atoms with Crippen molar-refractivity contribution in [1.29, 1.82) is 0 Å². The maximum absolute atomic E-state index is 10.3. The van der Waals surface area contributed by atoms with E-state index in [1.807, 2.05) is 36.4 Å². The van der Waals surface area contributed by atoms with E-state index in [0.29, 0.717) is 28.5 Å². The summed E-state index contributed by atoms with van der Waals surface area (Å²) >= 11 is 0. The van der Waals surface area contributed by atoms with Crippen LogP contribution in [0.4, 0.5) is 17.2 Å². The number of carbonyl (C=O) groups is 1. The molecule has 0 unspecified atom stereocenters. The number of aromatic hydroxyl groups is 1. The van der Waals surface area contributed by atoms with E-state index >= 15 is 0 Å². The number of hydrogen-bond donors (Lipinski definition) is 5. The Bertz CT molecular complexity index is 1350. The predicted octanol–water partition coefficient (Wildman–Crippen LogP) is 3.81. The number of aromatic carboxylic acids is 1. The highest BCUT2D eigenvalue weighted by Gasteiger charge is 2.08. The van der Waals surface area contributed by atoms with Gasteiger partial charge in [-0.25, -0.2) is 14.8 Å². The Morgan fingerprint density at radius 3 is 2.06 bits per heavy atom. The fraction of sp³-hybridized carbons (Fsp3) is 0. The van der Waals surface area contributed by atoms with Crippen LogP contribution >= 0.6 is 0 Å². The molecule has 172 valence electrons. The van der Waals surface area contributed by atoms with Crippen molar-refractivity contribution in [3.05, 3.63) is 90.8 Å². The number of aromatic nitrogens is 3. The number of hydrogen-bond acceptors (Lipinski definition) is 9. The zero-order valence-electron chi connectivity index (χ0n) is 17.9. The number of oxazole rings is 1. The van der Waals surface area contributed by atoms with Gasteiger partial charge in [0.1, 0.15) is 0 Å². The molecule has 0 radical (unpaired) electrons. The Kier molecular flexibility index (Phi) is 7.59. The lowest BCUT2D eigenvalue weighted by Gasteiger charge is -1.95. The number of pyridine rings is 2. The molecule has 5 aromatic rings. The van der Waals surface area contributed by atoms with Crippen LogP contribution in [0.5, 0.6) is 5.75 Å². The van der Waals surface area contributed by atoms with Crippen LogP contribution in [-0.2, 0) is 0 Å². The summed E-state index contributed by atoms with van der Waals surface area (Å²) in [6.45, 7) is 0. The molecule has 10 heteroatoms. The second-order valence-electron chi connectivity index (χ2n) is 6.81. The lowest BCUT2D eigenvalue weighted by atomic mass is 10.2. The molecule has 8 N–H and O–H groups in total. The number of fused-ring (bicyclic) bond motifs is 1. The van der Waals surface area contributed by atoms with Crippen molar-refractivity contribution in [2.45, 2.75) is 0 Å². The van der Waals surface area contributed by atoms with E-state index in [1.165, 1.54) is 24.4 Å². The Labute approximate surface area is 194 Å². The summed E-state index contributed by atoms with van der Waals surface area (Å²) in [6.07, 6.45) is 3.21. The van der Waals surface area contributed by atoms with E-state index in [9.17, 15) is 4.79 Å². The third kappa shape index (κ3) is 6.44. The molecule has 0 amide bonds. The first-order valence-electron chi connectivity index (χ1n) is 9.89. The van der Waals surface area contributed by atoms with Crippen LogP contribution in [0.25, 0.3) is 22.7 Å². The molecule has 0 saturated carbocycles. The van der Waals surface area contributed by atoms with Gasteiger partial charge in [0.15, 0.2) is 22.8 Å². The summed E-state index contributed by atoms with van der Waals surface area (Å²) in [6, 6.07) is 20.4. The molecule has 0 aliphatic heterocycles. The minimum atomic E-state index is -0.952. The Morgan fingerprint density at radius 2 is 1.50 bits per heavy atom. The molecule has 2 aromatic carbocycles. The van der Waals surface area contributed by atoms with Gasteiger partial charge in [-0.2, -0.15) is 4.98 Å². The molecule has 3 heterocycles. The van der Waals surface area contributed by atoms with Crippen molar-refractivity contribution < 1.29 is 19.4 Å². The topological polar surface area (TPSA) is 187 Å². The summed E-state index contributed by atoms with van der Waals surface area (Å²) < 4.78 is 5.58. The van der Waals surface area contributed by atoms with E-state index < -0.39 is 5.97 Å². The van der Waals surface area contributed by atoms with Crippen LogP contribution < -0.4 is 17.2 Å². The zero-order chi connectivity index (χ0) is 24.5. The largest absolute Gasteiger partial charge is 0.504 e. The van der Waals surface area contributed by atoms with Gasteiger partial charge in [0.2, 0.25) is 5.89 Å². The average molecular weight is 458 g/mol. The Balaban J connectivity index is 0.000000155. The molecule has 0 atom stereocenters. The van der Waals surface area contributed by atoms with Crippen LogP contribution in [0.2, 0.25) is 0 Å². The lowest BCUT2D eigenvalue weighted by molar-refractivity contribution is 0.0697. The minimum absolute atomic E-state index is 0.0347. The lowest BCUT2D eigenvalue weighted by Crippen LogP contribution is -1.96. The molecular weight excluding hydrogens is 436 g/mol. The van der Waals surface area contributed by atoms with Gasteiger partial charge in [-0.15, -0.1) is 0 Å². The number of nitrogen functional groups attached to an aromatic ring is 3. The van der Waals surface area contributed by atoms with Crippen LogP contribution in [0, 0.1) is 0 Å². The first kappa shape index (κ1) is 23.5. The average Bonchev–Trinajstić information content (AvgIpc) is 3.26. The SMILES string of the molecule is Nc1cccc(-c2nc3ncccc3o2)c1.Nc1cccc(C(=O)O)c1.Nc1ncccc1O. The van der Waals surface area contributed by atoms with Gasteiger partial charge in [-0.05, 0) is 60.7 Å². The molecule has 0 bridgehead atoms. The predicted molar refractivity (Wildman–Crippen MR) is 130 cm³/mol.